The lowest BCUT2D eigenvalue weighted by Gasteiger charge is -2.27. The van der Waals surface area contributed by atoms with Gasteiger partial charge in [-0.15, -0.1) is 0 Å². The van der Waals surface area contributed by atoms with Crippen LogP contribution in [0.1, 0.15) is 42.0 Å². The molecular formula is C17H21ClN2. The highest BCUT2D eigenvalue weighted by Crippen LogP contribution is 2.34. The second-order valence-electron chi connectivity index (χ2n) is 5.08. The SMILES string of the molecule is CCC(c1ccccc1)C(NN)c1ccc(C)c(Cl)c1. The summed E-state index contributed by atoms with van der Waals surface area (Å²) in [5.41, 5.74) is 6.45. The highest BCUT2D eigenvalue weighted by molar-refractivity contribution is 6.31. The van der Waals surface area contributed by atoms with Crippen molar-refractivity contribution in [3.8, 4) is 0 Å². The predicted octanol–water partition coefficient (Wildman–Crippen LogP) is 4.35. The molecule has 0 aliphatic rings. The molecule has 2 unspecified atom stereocenters. The van der Waals surface area contributed by atoms with E-state index >= 15 is 0 Å². The Morgan fingerprint density at radius 3 is 2.35 bits per heavy atom. The molecule has 0 spiro atoms. The van der Waals surface area contributed by atoms with Crippen molar-refractivity contribution >= 4 is 11.6 Å². The zero-order valence-corrected chi connectivity index (χ0v) is 12.7. The Hall–Kier alpha value is -1.35. The number of benzene rings is 2. The second kappa shape index (κ2) is 6.89. The minimum atomic E-state index is 0.0560. The van der Waals surface area contributed by atoms with Crippen LogP contribution in [0.4, 0.5) is 0 Å². The van der Waals surface area contributed by atoms with E-state index in [0.29, 0.717) is 5.92 Å². The highest BCUT2D eigenvalue weighted by Gasteiger charge is 2.22. The normalized spacial score (nSPS) is 14.0. The summed E-state index contributed by atoms with van der Waals surface area (Å²) in [6.07, 6.45) is 1.00. The maximum absolute atomic E-state index is 6.24. The zero-order valence-electron chi connectivity index (χ0n) is 11.9. The van der Waals surface area contributed by atoms with Crippen LogP contribution < -0.4 is 11.3 Å². The van der Waals surface area contributed by atoms with Gasteiger partial charge < -0.3 is 0 Å². The van der Waals surface area contributed by atoms with Crippen LogP contribution in [0.2, 0.25) is 5.02 Å². The van der Waals surface area contributed by atoms with Crippen LogP contribution in [0.3, 0.4) is 0 Å². The third kappa shape index (κ3) is 3.21. The van der Waals surface area contributed by atoms with Crippen molar-refractivity contribution in [1.82, 2.24) is 5.43 Å². The molecule has 0 bridgehead atoms. The monoisotopic (exact) mass is 288 g/mol. The summed E-state index contributed by atoms with van der Waals surface area (Å²) in [5, 5.41) is 0.783. The molecule has 3 heteroatoms. The van der Waals surface area contributed by atoms with Crippen molar-refractivity contribution in [2.24, 2.45) is 5.84 Å². The van der Waals surface area contributed by atoms with E-state index in [4.69, 9.17) is 17.4 Å². The Bertz CT molecular complexity index is 554. The first kappa shape index (κ1) is 15.0. The third-order valence-corrected chi connectivity index (χ3v) is 4.21. The topological polar surface area (TPSA) is 38.0 Å². The van der Waals surface area contributed by atoms with Gasteiger partial charge in [0.25, 0.3) is 0 Å². The Morgan fingerprint density at radius 2 is 1.80 bits per heavy atom. The molecule has 2 nitrogen and oxygen atoms in total. The van der Waals surface area contributed by atoms with Gasteiger partial charge in [-0.3, -0.25) is 11.3 Å². The standard InChI is InChI=1S/C17H21ClN2/c1-3-15(13-7-5-4-6-8-13)17(20-19)14-10-9-12(2)16(18)11-14/h4-11,15,17,20H,3,19H2,1-2H3. The minimum Gasteiger partial charge on any atom is -0.271 e. The number of halogens is 1. The molecule has 0 saturated heterocycles. The van der Waals surface area contributed by atoms with Gasteiger partial charge in [-0.25, -0.2) is 0 Å². The lowest BCUT2D eigenvalue weighted by Crippen LogP contribution is -2.32. The summed E-state index contributed by atoms with van der Waals surface area (Å²) < 4.78 is 0. The Kier molecular flexibility index (Phi) is 5.18. The van der Waals surface area contributed by atoms with Gasteiger partial charge in [-0.2, -0.15) is 0 Å². The van der Waals surface area contributed by atoms with Gasteiger partial charge >= 0.3 is 0 Å². The molecule has 0 aliphatic carbocycles. The van der Waals surface area contributed by atoms with Crippen molar-refractivity contribution in [3.05, 3.63) is 70.2 Å². The molecule has 0 aromatic heterocycles. The molecular weight excluding hydrogens is 268 g/mol. The Labute approximate surface area is 125 Å². The number of hydrazine groups is 1. The van der Waals surface area contributed by atoms with Crippen molar-refractivity contribution in [1.29, 1.82) is 0 Å². The van der Waals surface area contributed by atoms with Gasteiger partial charge in [0.05, 0.1) is 6.04 Å². The third-order valence-electron chi connectivity index (χ3n) is 3.80. The van der Waals surface area contributed by atoms with E-state index < -0.39 is 0 Å². The van der Waals surface area contributed by atoms with E-state index in [-0.39, 0.29) is 6.04 Å². The average molecular weight is 289 g/mol. The zero-order chi connectivity index (χ0) is 14.5. The predicted molar refractivity (Wildman–Crippen MR) is 85.7 cm³/mol. The molecule has 0 heterocycles. The summed E-state index contributed by atoms with van der Waals surface area (Å²) >= 11 is 6.24. The maximum atomic E-state index is 6.24. The van der Waals surface area contributed by atoms with Gasteiger partial charge in [0, 0.05) is 10.9 Å². The summed E-state index contributed by atoms with van der Waals surface area (Å²) in [6, 6.07) is 16.7. The Morgan fingerprint density at radius 1 is 1.10 bits per heavy atom. The largest absolute Gasteiger partial charge is 0.271 e. The lowest BCUT2D eigenvalue weighted by atomic mass is 9.85. The van der Waals surface area contributed by atoms with E-state index in [2.05, 4.69) is 42.7 Å². The molecule has 106 valence electrons. The number of aryl methyl sites for hydroxylation is 1. The van der Waals surface area contributed by atoms with Gasteiger partial charge in [-0.05, 0) is 36.1 Å². The van der Waals surface area contributed by atoms with Crippen LogP contribution in [-0.2, 0) is 0 Å². The molecule has 3 N–H and O–H groups in total. The van der Waals surface area contributed by atoms with Crippen LogP contribution in [0, 0.1) is 6.92 Å². The summed E-state index contributed by atoms with van der Waals surface area (Å²) in [6.45, 7) is 4.18. The molecule has 0 aliphatic heterocycles. The number of nitrogens with one attached hydrogen (secondary N) is 1. The second-order valence-corrected chi connectivity index (χ2v) is 5.49. The molecule has 20 heavy (non-hydrogen) atoms. The van der Waals surface area contributed by atoms with Crippen LogP contribution in [0.25, 0.3) is 0 Å². The smallest absolute Gasteiger partial charge is 0.0528 e. The van der Waals surface area contributed by atoms with Gasteiger partial charge in [0.1, 0.15) is 0 Å². The molecule has 2 rings (SSSR count). The van der Waals surface area contributed by atoms with Crippen molar-refractivity contribution < 1.29 is 0 Å². The van der Waals surface area contributed by atoms with Gasteiger partial charge in [0.15, 0.2) is 0 Å². The number of nitrogens with two attached hydrogens (primary N) is 1. The van der Waals surface area contributed by atoms with Gasteiger partial charge in [0.2, 0.25) is 0 Å². The summed E-state index contributed by atoms with van der Waals surface area (Å²) in [7, 11) is 0. The fourth-order valence-corrected chi connectivity index (χ4v) is 2.80. The molecule has 2 atom stereocenters. The Balaban J connectivity index is 2.36. The molecule has 2 aromatic rings. The number of hydrogen-bond acceptors (Lipinski definition) is 2. The number of rotatable bonds is 5. The first-order chi connectivity index (χ1) is 9.67. The van der Waals surface area contributed by atoms with E-state index in [0.717, 1.165) is 22.6 Å². The van der Waals surface area contributed by atoms with Crippen molar-refractivity contribution in [2.75, 3.05) is 0 Å². The van der Waals surface area contributed by atoms with Crippen molar-refractivity contribution in [2.45, 2.75) is 32.2 Å². The van der Waals surface area contributed by atoms with E-state index in [1.807, 2.05) is 25.1 Å². The van der Waals surface area contributed by atoms with E-state index in [9.17, 15) is 0 Å². The van der Waals surface area contributed by atoms with Crippen LogP contribution in [-0.4, -0.2) is 0 Å². The average Bonchev–Trinajstić information content (AvgIpc) is 2.48. The fourth-order valence-electron chi connectivity index (χ4n) is 2.61. The van der Waals surface area contributed by atoms with Crippen LogP contribution in [0.15, 0.2) is 48.5 Å². The quantitative estimate of drug-likeness (QED) is 0.634. The lowest BCUT2D eigenvalue weighted by molar-refractivity contribution is 0.445. The van der Waals surface area contributed by atoms with Gasteiger partial charge in [-0.1, -0.05) is 61.0 Å². The molecule has 0 radical (unpaired) electrons. The molecule has 0 amide bonds. The fraction of sp³-hybridized carbons (Fsp3) is 0.294. The first-order valence-electron chi connectivity index (χ1n) is 6.94. The van der Waals surface area contributed by atoms with Crippen molar-refractivity contribution in [3.63, 3.8) is 0 Å². The van der Waals surface area contributed by atoms with Crippen LogP contribution >= 0.6 is 11.6 Å². The van der Waals surface area contributed by atoms with E-state index in [1.165, 1.54) is 5.56 Å². The van der Waals surface area contributed by atoms with Crippen LogP contribution in [0.5, 0.6) is 0 Å². The summed E-state index contributed by atoms with van der Waals surface area (Å²) in [5.74, 6) is 6.13. The highest BCUT2D eigenvalue weighted by atomic mass is 35.5. The summed E-state index contributed by atoms with van der Waals surface area (Å²) in [4.78, 5) is 0. The molecule has 2 aromatic carbocycles. The molecule has 0 saturated carbocycles. The maximum Gasteiger partial charge on any atom is 0.0528 e. The number of hydrogen-bond donors (Lipinski definition) is 2. The van der Waals surface area contributed by atoms with E-state index in [1.54, 1.807) is 0 Å². The minimum absolute atomic E-state index is 0.0560. The first-order valence-corrected chi connectivity index (χ1v) is 7.32. The molecule has 0 fully saturated rings.